The fraction of sp³-hybridized carbons (Fsp3) is 0.231. The third-order valence-electron chi connectivity index (χ3n) is 2.62. The van der Waals surface area contributed by atoms with Gasteiger partial charge in [-0.1, -0.05) is 6.07 Å². The van der Waals surface area contributed by atoms with E-state index in [2.05, 4.69) is 9.72 Å². The second kappa shape index (κ2) is 4.82. The SMILES string of the molecule is COC(=O)CCc1ccc2nc(N)ccc2c1. The standard InChI is InChI=1S/C13H14N2O2/c1-17-13(16)7-3-9-2-5-11-10(8-9)4-6-12(14)15-11/h2,4-6,8H,3,7H2,1H3,(H2,14,15). The van der Waals surface area contributed by atoms with E-state index in [-0.39, 0.29) is 5.97 Å². The molecule has 1 heterocycles. The highest BCUT2D eigenvalue weighted by Crippen LogP contribution is 2.16. The molecule has 0 aliphatic rings. The Morgan fingerprint density at radius 3 is 2.94 bits per heavy atom. The lowest BCUT2D eigenvalue weighted by Crippen LogP contribution is -2.01. The maximum Gasteiger partial charge on any atom is 0.305 e. The fourth-order valence-corrected chi connectivity index (χ4v) is 1.69. The molecule has 0 amide bonds. The van der Waals surface area contributed by atoms with Crippen LogP contribution in [-0.2, 0) is 16.0 Å². The maximum atomic E-state index is 11.0. The summed E-state index contributed by atoms with van der Waals surface area (Å²) in [6.45, 7) is 0. The van der Waals surface area contributed by atoms with Crippen LogP contribution in [0.3, 0.4) is 0 Å². The van der Waals surface area contributed by atoms with Gasteiger partial charge in [-0.15, -0.1) is 0 Å². The van der Waals surface area contributed by atoms with Gasteiger partial charge in [0.15, 0.2) is 0 Å². The van der Waals surface area contributed by atoms with E-state index in [4.69, 9.17) is 5.73 Å². The van der Waals surface area contributed by atoms with Crippen molar-refractivity contribution >= 4 is 22.7 Å². The van der Waals surface area contributed by atoms with Crippen LogP contribution in [0.2, 0.25) is 0 Å². The van der Waals surface area contributed by atoms with Crippen LogP contribution >= 0.6 is 0 Å². The number of benzene rings is 1. The van der Waals surface area contributed by atoms with Crippen LogP contribution in [0.4, 0.5) is 5.82 Å². The van der Waals surface area contributed by atoms with Crippen molar-refractivity contribution in [1.29, 1.82) is 0 Å². The number of pyridine rings is 1. The van der Waals surface area contributed by atoms with E-state index >= 15 is 0 Å². The van der Waals surface area contributed by atoms with Gasteiger partial charge < -0.3 is 10.5 Å². The zero-order valence-electron chi connectivity index (χ0n) is 9.64. The van der Waals surface area contributed by atoms with Crippen molar-refractivity contribution in [3.63, 3.8) is 0 Å². The average molecular weight is 230 g/mol. The van der Waals surface area contributed by atoms with Crippen LogP contribution in [-0.4, -0.2) is 18.1 Å². The summed E-state index contributed by atoms with van der Waals surface area (Å²) < 4.78 is 4.61. The summed E-state index contributed by atoms with van der Waals surface area (Å²) in [4.78, 5) is 15.3. The predicted octanol–water partition coefficient (Wildman–Crippen LogP) is 1.92. The minimum Gasteiger partial charge on any atom is -0.469 e. The van der Waals surface area contributed by atoms with Crippen LogP contribution in [0.5, 0.6) is 0 Å². The Labute approximate surface area is 99.4 Å². The largest absolute Gasteiger partial charge is 0.469 e. The molecular formula is C13H14N2O2. The summed E-state index contributed by atoms with van der Waals surface area (Å²) in [7, 11) is 1.40. The van der Waals surface area contributed by atoms with Gasteiger partial charge in [0.1, 0.15) is 5.82 Å². The third kappa shape index (κ3) is 2.72. The number of nitrogen functional groups attached to an aromatic ring is 1. The van der Waals surface area contributed by atoms with Gasteiger partial charge in [0.05, 0.1) is 12.6 Å². The van der Waals surface area contributed by atoms with Gasteiger partial charge in [0, 0.05) is 11.8 Å². The number of aryl methyl sites for hydroxylation is 1. The van der Waals surface area contributed by atoms with E-state index in [1.54, 1.807) is 6.07 Å². The van der Waals surface area contributed by atoms with Crippen molar-refractivity contribution in [1.82, 2.24) is 4.98 Å². The van der Waals surface area contributed by atoms with Crippen molar-refractivity contribution < 1.29 is 9.53 Å². The number of esters is 1. The highest BCUT2D eigenvalue weighted by molar-refractivity contribution is 5.80. The van der Waals surface area contributed by atoms with Crippen molar-refractivity contribution in [2.45, 2.75) is 12.8 Å². The molecule has 88 valence electrons. The van der Waals surface area contributed by atoms with E-state index in [1.807, 2.05) is 24.3 Å². The van der Waals surface area contributed by atoms with Crippen molar-refractivity contribution in [2.24, 2.45) is 0 Å². The van der Waals surface area contributed by atoms with E-state index < -0.39 is 0 Å². The molecule has 4 nitrogen and oxygen atoms in total. The number of carbonyl (C=O) groups is 1. The molecular weight excluding hydrogens is 216 g/mol. The molecule has 0 aliphatic carbocycles. The molecule has 0 spiro atoms. The van der Waals surface area contributed by atoms with Gasteiger partial charge in [-0.2, -0.15) is 0 Å². The monoisotopic (exact) mass is 230 g/mol. The second-order valence-electron chi connectivity index (χ2n) is 3.84. The van der Waals surface area contributed by atoms with E-state index in [1.165, 1.54) is 7.11 Å². The number of nitrogens with two attached hydrogens (primary N) is 1. The Bertz CT molecular complexity index is 552. The highest BCUT2D eigenvalue weighted by atomic mass is 16.5. The summed E-state index contributed by atoms with van der Waals surface area (Å²) in [6.07, 6.45) is 1.07. The topological polar surface area (TPSA) is 65.2 Å². The van der Waals surface area contributed by atoms with Crippen molar-refractivity contribution in [2.75, 3.05) is 12.8 Å². The number of ether oxygens (including phenoxy) is 1. The Morgan fingerprint density at radius 1 is 1.35 bits per heavy atom. The van der Waals surface area contributed by atoms with Gasteiger partial charge in [0.2, 0.25) is 0 Å². The molecule has 0 saturated carbocycles. The molecule has 0 fully saturated rings. The lowest BCUT2D eigenvalue weighted by molar-refractivity contribution is -0.140. The number of rotatable bonds is 3. The van der Waals surface area contributed by atoms with Gasteiger partial charge in [-0.3, -0.25) is 4.79 Å². The number of aromatic nitrogens is 1. The molecule has 0 atom stereocenters. The highest BCUT2D eigenvalue weighted by Gasteiger charge is 2.03. The van der Waals surface area contributed by atoms with Crippen molar-refractivity contribution in [3.8, 4) is 0 Å². The van der Waals surface area contributed by atoms with Gasteiger partial charge in [-0.25, -0.2) is 4.98 Å². The molecule has 2 rings (SSSR count). The van der Waals surface area contributed by atoms with Crippen LogP contribution in [0.15, 0.2) is 30.3 Å². The van der Waals surface area contributed by atoms with Gasteiger partial charge in [0.25, 0.3) is 0 Å². The molecule has 17 heavy (non-hydrogen) atoms. The first-order valence-electron chi connectivity index (χ1n) is 5.41. The van der Waals surface area contributed by atoms with E-state index in [9.17, 15) is 4.79 Å². The number of hydrogen-bond acceptors (Lipinski definition) is 4. The number of carbonyl (C=O) groups excluding carboxylic acids is 1. The third-order valence-corrected chi connectivity index (χ3v) is 2.62. The minimum atomic E-state index is -0.194. The first-order valence-corrected chi connectivity index (χ1v) is 5.41. The maximum absolute atomic E-state index is 11.0. The first-order chi connectivity index (χ1) is 8.19. The fourth-order valence-electron chi connectivity index (χ4n) is 1.69. The first kappa shape index (κ1) is 11.4. The Morgan fingerprint density at radius 2 is 2.18 bits per heavy atom. The lowest BCUT2D eigenvalue weighted by atomic mass is 10.1. The zero-order valence-corrected chi connectivity index (χ0v) is 9.64. The van der Waals surface area contributed by atoms with E-state index in [0.29, 0.717) is 18.7 Å². The Hall–Kier alpha value is -2.10. The predicted molar refractivity (Wildman–Crippen MR) is 66.5 cm³/mol. The van der Waals surface area contributed by atoms with Gasteiger partial charge >= 0.3 is 5.97 Å². The summed E-state index contributed by atoms with van der Waals surface area (Å²) in [5.74, 6) is 0.320. The molecule has 0 bridgehead atoms. The molecule has 0 aliphatic heterocycles. The summed E-state index contributed by atoms with van der Waals surface area (Å²) in [5.41, 5.74) is 7.57. The van der Waals surface area contributed by atoms with Crippen LogP contribution < -0.4 is 5.73 Å². The molecule has 0 radical (unpaired) electrons. The van der Waals surface area contributed by atoms with Crippen LogP contribution in [0.25, 0.3) is 10.9 Å². The number of nitrogens with zero attached hydrogens (tertiary/aromatic N) is 1. The second-order valence-corrected chi connectivity index (χ2v) is 3.84. The normalized spacial score (nSPS) is 10.4. The summed E-state index contributed by atoms with van der Waals surface area (Å²) >= 11 is 0. The Kier molecular flexibility index (Phi) is 3.23. The molecule has 2 N–H and O–H groups in total. The van der Waals surface area contributed by atoms with E-state index in [0.717, 1.165) is 16.5 Å². The van der Waals surface area contributed by atoms with Gasteiger partial charge in [-0.05, 0) is 36.2 Å². The molecule has 1 aromatic carbocycles. The smallest absolute Gasteiger partial charge is 0.305 e. The van der Waals surface area contributed by atoms with Crippen LogP contribution in [0.1, 0.15) is 12.0 Å². The lowest BCUT2D eigenvalue weighted by Gasteiger charge is -2.03. The van der Waals surface area contributed by atoms with Crippen LogP contribution in [0, 0.1) is 0 Å². The molecule has 4 heteroatoms. The molecule has 0 saturated heterocycles. The number of fused-ring (bicyclic) bond motifs is 1. The zero-order chi connectivity index (χ0) is 12.3. The average Bonchev–Trinajstić information content (AvgIpc) is 2.35. The molecule has 2 aromatic rings. The van der Waals surface area contributed by atoms with Crippen molar-refractivity contribution in [3.05, 3.63) is 35.9 Å². The molecule has 1 aromatic heterocycles. The molecule has 0 unspecified atom stereocenters. The summed E-state index contributed by atoms with van der Waals surface area (Å²) in [5, 5.41) is 1.03. The number of anilines is 1. The quantitative estimate of drug-likeness (QED) is 0.818. The summed E-state index contributed by atoms with van der Waals surface area (Å²) in [6, 6.07) is 9.59. The Balaban J connectivity index is 2.20. The minimum absolute atomic E-state index is 0.194. The number of methoxy groups -OCH3 is 1. The number of hydrogen-bond donors (Lipinski definition) is 1.